The third-order valence-electron chi connectivity index (χ3n) is 5.21. The van der Waals surface area contributed by atoms with Gasteiger partial charge in [-0.2, -0.15) is 0 Å². The van der Waals surface area contributed by atoms with Gasteiger partial charge in [0.25, 0.3) is 0 Å². The Bertz CT molecular complexity index is 675. The molecule has 194 valence electrons. The van der Waals surface area contributed by atoms with Gasteiger partial charge in [0, 0.05) is 13.1 Å². The molecule has 33 heavy (non-hydrogen) atoms. The Balaban J connectivity index is 0.000000602. The van der Waals surface area contributed by atoms with Gasteiger partial charge in [0.15, 0.2) is 0 Å². The van der Waals surface area contributed by atoms with Gasteiger partial charge in [-0.15, -0.1) is 0 Å². The number of ether oxygens (including phenoxy) is 2. The Kier molecular flexibility index (Phi) is 10.5. The van der Waals surface area contributed by atoms with E-state index in [1.807, 2.05) is 55.4 Å². The molecule has 0 spiro atoms. The van der Waals surface area contributed by atoms with Crippen LogP contribution in [0.3, 0.4) is 0 Å². The van der Waals surface area contributed by atoms with Crippen molar-refractivity contribution in [3.8, 4) is 0 Å². The fourth-order valence-electron chi connectivity index (χ4n) is 4.06. The minimum Gasteiger partial charge on any atom is -0.444 e. The first kappa shape index (κ1) is 31.2. The lowest BCUT2D eigenvalue weighted by molar-refractivity contribution is -0.111. The van der Waals surface area contributed by atoms with Crippen molar-refractivity contribution in [2.24, 2.45) is 10.8 Å². The lowest BCUT2D eigenvalue weighted by Crippen LogP contribution is -2.41. The first-order valence-corrected chi connectivity index (χ1v) is 11.3. The number of aliphatic hydroxyl groups excluding tert-OH is 1. The fraction of sp³-hybridized carbons (Fsp3) is 0.880. The monoisotopic (exact) mass is 472 g/mol. The van der Waals surface area contributed by atoms with Crippen LogP contribution in [-0.2, 0) is 14.3 Å². The molecule has 2 atom stereocenters. The summed E-state index contributed by atoms with van der Waals surface area (Å²) in [5.41, 5.74) is -0.951. The van der Waals surface area contributed by atoms with Crippen molar-refractivity contribution in [1.82, 2.24) is 9.80 Å². The molecule has 0 radical (unpaired) electrons. The van der Waals surface area contributed by atoms with Crippen LogP contribution in [0.1, 0.15) is 89.5 Å². The van der Waals surface area contributed by atoms with Crippen molar-refractivity contribution in [2.75, 3.05) is 19.7 Å². The molecule has 2 fully saturated rings. The highest BCUT2D eigenvalue weighted by Crippen LogP contribution is 2.35. The maximum atomic E-state index is 11.9. The van der Waals surface area contributed by atoms with Crippen LogP contribution < -0.4 is 0 Å². The van der Waals surface area contributed by atoms with E-state index in [4.69, 9.17) is 9.47 Å². The molecule has 0 aromatic rings. The second kappa shape index (κ2) is 11.1. The van der Waals surface area contributed by atoms with Gasteiger partial charge < -0.3 is 24.3 Å². The standard InChI is InChI=1S/C12H23NO3.C12H21NO3.CH4/c2*1-11(2,3)16-10(15)13-8-12(4,5)6-9(13)7-14;/h9,14H,6-8H2,1-5H3;7,9H,6,8H2,1-5H3;1H4/t2*9-;/m00./s1. The normalized spacial score (nSPS) is 23.7. The zero-order chi connectivity index (χ0) is 25.1. The lowest BCUT2D eigenvalue weighted by atomic mass is 9.91. The molecule has 1 N–H and O–H groups in total. The van der Waals surface area contributed by atoms with Crippen molar-refractivity contribution in [3.05, 3.63) is 0 Å². The minimum absolute atomic E-state index is 0. The Morgan fingerprint density at radius 2 is 1.27 bits per heavy atom. The van der Waals surface area contributed by atoms with E-state index in [0.717, 1.165) is 12.7 Å². The molecule has 0 bridgehead atoms. The van der Waals surface area contributed by atoms with E-state index >= 15 is 0 Å². The topological polar surface area (TPSA) is 96.4 Å². The zero-order valence-electron chi connectivity index (χ0n) is 21.7. The summed E-state index contributed by atoms with van der Waals surface area (Å²) in [6, 6.07) is -0.449. The van der Waals surface area contributed by atoms with Gasteiger partial charge >= 0.3 is 12.2 Å². The van der Waals surface area contributed by atoms with E-state index in [1.165, 1.54) is 4.90 Å². The second-order valence-corrected chi connectivity index (χ2v) is 12.5. The summed E-state index contributed by atoms with van der Waals surface area (Å²) in [5.74, 6) is 0. The third kappa shape index (κ3) is 10.3. The first-order valence-electron chi connectivity index (χ1n) is 11.3. The molecular weight excluding hydrogens is 424 g/mol. The minimum atomic E-state index is -0.517. The molecule has 2 saturated heterocycles. The number of aliphatic hydroxyl groups is 1. The third-order valence-corrected chi connectivity index (χ3v) is 5.21. The molecule has 2 aliphatic rings. The van der Waals surface area contributed by atoms with Gasteiger partial charge in [-0.25, -0.2) is 9.59 Å². The summed E-state index contributed by atoms with van der Waals surface area (Å²) in [6.07, 6.45) is 1.64. The zero-order valence-corrected chi connectivity index (χ0v) is 21.7. The number of nitrogens with zero attached hydrogens (tertiary/aromatic N) is 2. The number of hydrogen-bond acceptors (Lipinski definition) is 6. The van der Waals surface area contributed by atoms with E-state index in [0.29, 0.717) is 19.5 Å². The molecular formula is C25H48N2O6. The highest BCUT2D eigenvalue weighted by molar-refractivity contribution is 5.74. The van der Waals surface area contributed by atoms with Crippen molar-refractivity contribution in [3.63, 3.8) is 0 Å². The molecule has 0 saturated carbocycles. The quantitative estimate of drug-likeness (QED) is 0.576. The van der Waals surface area contributed by atoms with Gasteiger partial charge in [-0.3, -0.25) is 4.90 Å². The van der Waals surface area contributed by atoms with Crippen LogP contribution >= 0.6 is 0 Å². The maximum Gasteiger partial charge on any atom is 0.410 e. The molecule has 0 aromatic heterocycles. The van der Waals surface area contributed by atoms with Gasteiger partial charge in [0.05, 0.1) is 18.7 Å². The lowest BCUT2D eigenvalue weighted by Gasteiger charge is -2.28. The summed E-state index contributed by atoms with van der Waals surface area (Å²) in [6.45, 7) is 20.5. The smallest absolute Gasteiger partial charge is 0.410 e. The van der Waals surface area contributed by atoms with E-state index < -0.39 is 17.3 Å². The summed E-state index contributed by atoms with van der Waals surface area (Å²) >= 11 is 0. The Hall–Kier alpha value is -1.83. The van der Waals surface area contributed by atoms with Gasteiger partial charge in [0.2, 0.25) is 0 Å². The van der Waals surface area contributed by atoms with Crippen molar-refractivity contribution in [2.45, 2.75) is 113 Å². The number of likely N-dealkylation sites (tertiary alicyclic amines) is 2. The van der Waals surface area contributed by atoms with Crippen molar-refractivity contribution >= 4 is 18.5 Å². The highest BCUT2D eigenvalue weighted by atomic mass is 16.6. The predicted molar refractivity (Wildman–Crippen MR) is 130 cm³/mol. The highest BCUT2D eigenvalue weighted by Gasteiger charge is 2.42. The summed E-state index contributed by atoms with van der Waals surface area (Å²) in [4.78, 5) is 37.9. The maximum absolute atomic E-state index is 11.9. The molecule has 0 aliphatic carbocycles. The van der Waals surface area contributed by atoms with Gasteiger partial charge in [0.1, 0.15) is 17.5 Å². The van der Waals surface area contributed by atoms with Crippen molar-refractivity contribution < 1.29 is 29.0 Å². The number of amides is 2. The largest absolute Gasteiger partial charge is 0.444 e. The van der Waals surface area contributed by atoms with Crippen LogP contribution in [0.25, 0.3) is 0 Å². The SMILES string of the molecule is C.CC1(C)C[C@@H](C=O)N(C(=O)OC(C)(C)C)C1.CC1(C)C[C@@H](CO)N(C(=O)OC(C)(C)C)C1. The first-order chi connectivity index (χ1) is 14.3. The Morgan fingerprint density at radius 3 is 1.67 bits per heavy atom. The van der Waals surface area contributed by atoms with E-state index in [2.05, 4.69) is 13.8 Å². The number of rotatable bonds is 2. The second-order valence-electron chi connectivity index (χ2n) is 12.5. The molecule has 8 heteroatoms. The van der Waals surface area contributed by atoms with E-state index in [1.54, 1.807) is 4.90 Å². The predicted octanol–water partition coefficient (Wildman–Crippen LogP) is 4.87. The van der Waals surface area contributed by atoms with Crippen LogP contribution in [0, 0.1) is 10.8 Å². The van der Waals surface area contributed by atoms with Crippen molar-refractivity contribution in [1.29, 1.82) is 0 Å². The average molecular weight is 473 g/mol. The number of carbonyl (C=O) groups excluding carboxylic acids is 3. The molecule has 2 amide bonds. The van der Waals surface area contributed by atoms with Gasteiger partial charge in [-0.1, -0.05) is 35.1 Å². The average Bonchev–Trinajstić information content (AvgIpc) is 3.07. The van der Waals surface area contributed by atoms with Crippen LogP contribution in [0.5, 0.6) is 0 Å². The van der Waals surface area contributed by atoms with Crippen LogP contribution in [0.15, 0.2) is 0 Å². The molecule has 2 heterocycles. The summed E-state index contributed by atoms with van der Waals surface area (Å²) < 4.78 is 10.6. The molecule has 8 nitrogen and oxygen atoms in total. The Labute approximate surface area is 201 Å². The van der Waals surface area contributed by atoms with Crippen LogP contribution in [0.4, 0.5) is 9.59 Å². The number of carbonyl (C=O) groups is 3. The number of aldehydes is 1. The molecule has 0 unspecified atom stereocenters. The van der Waals surface area contributed by atoms with E-state index in [9.17, 15) is 19.5 Å². The van der Waals surface area contributed by atoms with Gasteiger partial charge in [-0.05, 0) is 65.2 Å². The fourth-order valence-corrected chi connectivity index (χ4v) is 4.06. The van der Waals surface area contributed by atoms with E-state index in [-0.39, 0.29) is 43.0 Å². The summed E-state index contributed by atoms with van der Waals surface area (Å²) in [7, 11) is 0. The van der Waals surface area contributed by atoms with Crippen LogP contribution in [0.2, 0.25) is 0 Å². The molecule has 2 rings (SSSR count). The van der Waals surface area contributed by atoms with Crippen LogP contribution in [-0.4, -0.2) is 76.4 Å². The summed E-state index contributed by atoms with van der Waals surface area (Å²) in [5, 5.41) is 9.27. The molecule has 2 aliphatic heterocycles. The molecule has 0 aromatic carbocycles. The Morgan fingerprint density at radius 1 is 0.879 bits per heavy atom. The number of hydrogen-bond donors (Lipinski definition) is 1.